The second-order valence-electron chi connectivity index (χ2n) is 7.08. The molecule has 1 heterocycles. The van der Waals surface area contributed by atoms with E-state index in [1.807, 2.05) is 6.07 Å². The zero-order valence-electron chi connectivity index (χ0n) is 13.6. The van der Waals surface area contributed by atoms with Gasteiger partial charge in [-0.05, 0) is 68.8 Å². The van der Waals surface area contributed by atoms with E-state index in [2.05, 4.69) is 25.7 Å². The maximum absolute atomic E-state index is 13.4. The fourth-order valence-electron chi connectivity index (χ4n) is 3.51. The molecule has 0 saturated carbocycles. The van der Waals surface area contributed by atoms with Gasteiger partial charge in [0.15, 0.2) is 0 Å². The van der Waals surface area contributed by atoms with Crippen LogP contribution in [0.25, 0.3) is 0 Å². The molecule has 1 aliphatic rings. The summed E-state index contributed by atoms with van der Waals surface area (Å²) < 4.78 is 13.4. The lowest BCUT2D eigenvalue weighted by molar-refractivity contribution is 0.0574. The Labute approximate surface area is 128 Å². The van der Waals surface area contributed by atoms with E-state index in [1.54, 1.807) is 12.1 Å². The Morgan fingerprint density at radius 3 is 2.52 bits per heavy atom. The van der Waals surface area contributed by atoms with Crippen molar-refractivity contribution < 1.29 is 4.39 Å². The number of halogens is 1. The molecule has 1 fully saturated rings. The first-order chi connectivity index (χ1) is 9.94. The summed E-state index contributed by atoms with van der Waals surface area (Å²) in [6, 6.07) is 6.91. The highest BCUT2D eigenvalue weighted by atomic mass is 19.1. The van der Waals surface area contributed by atoms with Gasteiger partial charge >= 0.3 is 0 Å². The molecule has 0 aliphatic carbocycles. The highest BCUT2D eigenvalue weighted by Crippen LogP contribution is 2.30. The molecule has 0 amide bonds. The molecule has 0 spiro atoms. The van der Waals surface area contributed by atoms with Crippen molar-refractivity contribution in [3.63, 3.8) is 0 Å². The van der Waals surface area contributed by atoms with Gasteiger partial charge in [-0.15, -0.1) is 0 Å². The van der Waals surface area contributed by atoms with Crippen molar-refractivity contribution in [2.45, 2.75) is 45.6 Å². The van der Waals surface area contributed by atoms with Crippen LogP contribution in [0.4, 0.5) is 4.39 Å². The lowest BCUT2D eigenvalue weighted by atomic mass is 9.83. The van der Waals surface area contributed by atoms with E-state index in [0.717, 1.165) is 36.9 Å². The first-order valence-electron chi connectivity index (χ1n) is 8.14. The van der Waals surface area contributed by atoms with Gasteiger partial charge in [0, 0.05) is 12.1 Å². The fraction of sp³-hybridized carbons (Fsp3) is 0.667. The van der Waals surface area contributed by atoms with Crippen LogP contribution in [0.1, 0.15) is 39.2 Å². The van der Waals surface area contributed by atoms with Gasteiger partial charge in [0.2, 0.25) is 0 Å². The predicted molar refractivity (Wildman–Crippen MR) is 86.7 cm³/mol. The van der Waals surface area contributed by atoms with Crippen LogP contribution in [-0.4, -0.2) is 30.1 Å². The minimum absolute atomic E-state index is 0.0737. The Morgan fingerprint density at radius 1 is 1.33 bits per heavy atom. The molecule has 1 saturated heterocycles. The Morgan fingerprint density at radius 2 is 2.00 bits per heavy atom. The highest BCUT2D eigenvalue weighted by molar-refractivity contribution is 5.19. The maximum atomic E-state index is 13.4. The number of hydrogen-bond acceptors (Lipinski definition) is 2. The van der Waals surface area contributed by atoms with Gasteiger partial charge in [0.05, 0.1) is 0 Å². The molecule has 3 heteroatoms. The third-order valence-corrected chi connectivity index (χ3v) is 5.16. The molecule has 1 unspecified atom stereocenters. The smallest absolute Gasteiger partial charge is 0.123 e. The molecule has 0 aromatic heterocycles. The Hall–Kier alpha value is -0.930. The quantitative estimate of drug-likeness (QED) is 0.900. The topological polar surface area (TPSA) is 29.3 Å². The van der Waals surface area contributed by atoms with E-state index in [1.165, 1.54) is 18.9 Å². The number of piperidine rings is 1. The van der Waals surface area contributed by atoms with Crippen molar-refractivity contribution in [2.24, 2.45) is 17.6 Å². The summed E-state index contributed by atoms with van der Waals surface area (Å²) in [5.74, 6) is 1.43. The summed E-state index contributed by atoms with van der Waals surface area (Å²) >= 11 is 0. The largest absolute Gasteiger partial charge is 0.329 e. The Bertz CT molecular complexity index is 452. The summed E-state index contributed by atoms with van der Waals surface area (Å²) in [5, 5.41) is 0. The first-order valence-corrected chi connectivity index (χ1v) is 8.14. The van der Waals surface area contributed by atoms with Gasteiger partial charge in [-0.1, -0.05) is 26.0 Å². The van der Waals surface area contributed by atoms with Crippen LogP contribution in [0, 0.1) is 17.7 Å². The second kappa shape index (κ2) is 6.89. The fourth-order valence-corrected chi connectivity index (χ4v) is 3.51. The van der Waals surface area contributed by atoms with E-state index in [0.29, 0.717) is 6.54 Å². The van der Waals surface area contributed by atoms with Gasteiger partial charge in [-0.25, -0.2) is 4.39 Å². The van der Waals surface area contributed by atoms with Crippen LogP contribution >= 0.6 is 0 Å². The Kier molecular flexibility index (Phi) is 5.39. The maximum Gasteiger partial charge on any atom is 0.123 e. The van der Waals surface area contributed by atoms with E-state index in [-0.39, 0.29) is 11.4 Å². The minimum Gasteiger partial charge on any atom is -0.329 e. The number of nitrogens with two attached hydrogens (primary N) is 1. The number of nitrogens with zero attached hydrogens (tertiary/aromatic N) is 1. The van der Waals surface area contributed by atoms with Crippen LogP contribution < -0.4 is 5.73 Å². The van der Waals surface area contributed by atoms with Crippen molar-refractivity contribution >= 4 is 0 Å². The Balaban J connectivity index is 2.04. The van der Waals surface area contributed by atoms with E-state index < -0.39 is 0 Å². The summed E-state index contributed by atoms with van der Waals surface area (Å²) in [7, 11) is 0. The molecule has 21 heavy (non-hydrogen) atoms. The molecule has 2 nitrogen and oxygen atoms in total. The number of hydrogen-bond donors (Lipinski definition) is 1. The average molecular weight is 292 g/mol. The number of benzene rings is 1. The van der Waals surface area contributed by atoms with Crippen molar-refractivity contribution in [3.05, 3.63) is 35.6 Å². The number of rotatable bonds is 5. The lowest BCUT2D eigenvalue weighted by Crippen LogP contribution is -2.56. The zero-order valence-corrected chi connectivity index (χ0v) is 13.6. The summed E-state index contributed by atoms with van der Waals surface area (Å²) in [6.07, 6.45) is 3.31. The molecule has 2 rings (SSSR count). The molecule has 118 valence electrons. The van der Waals surface area contributed by atoms with Gasteiger partial charge < -0.3 is 5.73 Å². The van der Waals surface area contributed by atoms with Crippen LogP contribution in [0.15, 0.2) is 24.3 Å². The SMILES string of the molecule is CC(C)C1CCN(C(C)(CN)Cc2cccc(F)c2)CC1. The summed E-state index contributed by atoms with van der Waals surface area (Å²) in [5.41, 5.74) is 7.05. The molecular weight excluding hydrogens is 263 g/mol. The minimum atomic E-state index is -0.162. The molecule has 1 atom stereocenters. The third-order valence-electron chi connectivity index (χ3n) is 5.16. The van der Waals surface area contributed by atoms with E-state index in [9.17, 15) is 4.39 Å². The average Bonchev–Trinajstić information content (AvgIpc) is 2.47. The van der Waals surface area contributed by atoms with Crippen LogP contribution in [0.2, 0.25) is 0 Å². The van der Waals surface area contributed by atoms with Gasteiger partial charge in [0.1, 0.15) is 5.82 Å². The van der Waals surface area contributed by atoms with E-state index in [4.69, 9.17) is 5.73 Å². The normalized spacial score (nSPS) is 20.7. The van der Waals surface area contributed by atoms with Gasteiger partial charge in [-0.3, -0.25) is 4.90 Å². The van der Waals surface area contributed by atoms with Crippen LogP contribution in [-0.2, 0) is 6.42 Å². The zero-order chi connectivity index (χ0) is 15.5. The second-order valence-corrected chi connectivity index (χ2v) is 7.08. The van der Waals surface area contributed by atoms with Crippen LogP contribution in [0.3, 0.4) is 0 Å². The standard InChI is InChI=1S/C18H29FN2/c1-14(2)16-7-9-21(10-8-16)18(3,13-20)12-15-5-4-6-17(19)11-15/h4-6,11,14,16H,7-10,12-13,20H2,1-3H3. The summed E-state index contributed by atoms with van der Waals surface area (Å²) in [6.45, 7) is 9.66. The molecule has 0 bridgehead atoms. The first kappa shape index (κ1) is 16.4. The molecule has 1 aliphatic heterocycles. The molecule has 0 radical (unpaired) electrons. The lowest BCUT2D eigenvalue weighted by Gasteiger charge is -2.45. The van der Waals surface area contributed by atoms with Crippen molar-refractivity contribution in [1.29, 1.82) is 0 Å². The van der Waals surface area contributed by atoms with Crippen LogP contribution in [0.5, 0.6) is 0 Å². The van der Waals surface area contributed by atoms with Gasteiger partial charge in [0.25, 0.3) is 0 Å². The molecule has 1 aromatic carbocycles. The van der Waals surface area contributed by atoms with Crippen molar-refractivity contribution in [1.82, 2.24) is 4.90 Å². The molecular formula is C18H29FN2. The summed E-state index contributed by atoms with van der Waals surface area (Å²) in [4.78, 5) is 2.51. The van der Waals surface area contributed by atoms with Crippen molar-refractivity contribution in [3.8, 4) is 0 Å². The molecule has 2 N–H and O–H groups in total. The predicted octanol–water partition coefficient (Wildman–Crippen LogP) is 3.45. The monoisotopic (exact) mass is 292 g/mol. The van der Waals surface area contributed by atoms with E-state index >= 15 is 0 Å². The highest BCUT2D eigenvalue weighted by Gasteiger charge is 2.34. The van der Waals surface area contributed by atoms with Crippen molar-refractivity contribution in [2.75, 3.05) is 19.6 Å². The third kappa shape index (κ3) is 4.04. The van der Waals surface area contributed by atoms with Gasteiger partial charge in [-0.2, -0.15) is 0 Å². The number of likely N-dealkylation sites (tertiary alicyclic amines) is 1. The molecule has 1 aromatic rings.